The highest BCUT2D eigenvalue weighted by Gasteiger charge is 2.03. The number of benzene rings is 1. The standard InChI is InChI=1S/C11H12O2/c1-4-12-10-7-6-9(3)8-11(10)13-5-2/h2,6-8H,4H2,1,3H3. The second-order valence-corrected chi connectivity index (χ2v) is 2.60. The van der Waals surface area contributed by atoms with E-state index in [1.807, 2.05) is 32.0 Å². The van der Waals surface area contributed by atoms with E-state index in [4.69, 9.17) is 15.9 Å². The van der Waals surface area contributed by atoms with Gasteiger partial charge < -0.3 is 9.47 Å². The third-order valence-corrected chi connectivity index (χ3v) is 1.57. The molecule has 0 bridgehead atoms. The third-order valence-electron chi connectivity index (χ3n) is 1.57. The minimum absolute atomic E-state index is 0.601. The van der Waals surface area contributed by atoms with E-state index < -0.39 is 0 Å². The maximum atomic E-state index is 5.32. The Kier molecular flexibility index (Phi) is 3.22. The first-order chi connectivity index (χ1) is 6.27. The van der Waals surface area contributed by atoms with Gasteiger partial charge in [0.2, 0.25) is 0 Å². The summed E-state index contributed by atoms with van der Waals surface area (Å²) >= 11 is 0. The van der Waals surface area contributed by atoms with E-state index in [1.54, 1.807) is 0 Å². The van der Waals surface area contributed by atoms with E-state index in [9.17, 15) is 0 Å². The van der Waals surface area contributed by atoms with Gasteiger partial charge in [-0.25, -0.2) is 0 Å². The normalized spacial score (nSPS) is 9.00. The number of rotatable bonds is 3. The van der Waals surface area contributed by atoms with Crippen LogP contribution in [0.5, 0.6) is 11.5 Å². The summed E-state index contributed by atoms with van der Waals surface area (Å²) in [6.45, 7) is 4.49. The zero-order valence-electron chi connectivity index (χ0n) is 7.83. The monoisotopic (exact) mass is 176 g/mol. The van der Waals surface area contributed by atoms with Crippen LogP contribution in [0.15, 0.2) is 18.2 Å². The zero-order chi connectivity index (χ0) is 9.68. The Morgan fingerprint density at radius 2 is 2.15 bits per heavy atom. The fraction of sp³-hybridized carbons (Fsp3) is 0.273. The molecule has 0 aromatic heterocycles. The summed E-state index contributed by atoms with van der Waals surface area (Å²) in [5.74, 6) is 1.29. The molecule has 0 atom stereocenters. The summed E-state index contributed by atoms with van der Waals surface area (Å²) in [6.07, 6.45) is 7.18. The maximum absolute atomic E-state index is 5.32. The van der Waals surface area contributed by atoms with Crippen molar-refractivity contribution < 1.29 is 9.47 Å². The summed E-state index contributed by atoms with van der Waals surface area (Å²) in [7, 11) is 0. The Hall–Kier alpha value is -1.62. The predicted octanol–water partition coefficient (Wildman–Crippen LogP) is 2.36. The molecule has 0 saturated heterocycles. The molecule has 13 heavy (non-hydrogen) atoms. The van der Waals surface area contributed by atoms with Crippen LogP contribution in [0.25, 0.3) is 0 Å². The molecule has 0 amide bonds. The number of ether oxygens (including phenoxy) is 2. The van der Waals surface area contributed by atoms with Gasteiger partial charge in [0, 0.05) is 0 Å². The molecule has 0 unspecified atom stereocenters. The van der Waals surface area contributed by atoms with Crippen LogP contribution in [-0.2, 0) is 0 Å². The van der Waals surface area contributed by atoms with Crippen molar-refractivity contribution in [2.45, 2.75) is 13.8 Å². The second kappa shape index (κ2) is 4.42. The molecule has 0 fully saturated rings. The molecule has 0 radical (unpaired) electrons. The van der Waals surface area contributed by atoms with E-state index in [0.29, 0.717) is 18.1 Å². The van der Waals surface area contributed by atoms with Crippen molar-refractivity contribution in [1.82, 2.24) is 0 Å². The van der Waals surface area contributed by atoms with Crippen molar-refractivity contribution in [2.75, 3.05) is 6.61 Å². The van der Waals surface area contributed by atoms with Crippen molar-refractivity contribution in [3.05, 3.63) is 23.8 Å². The Morgan fingerprint density at radius 1 is 1.38 bits per heavy atom. The third kappa shape index (κ3) is 2.41. The molecule has 0 aliphatic carbocycles. The van der Waals surface area contributed by atoms with Gasteiger partial charge in [0.25, 0.3) is 0 Å². The lowest BCUT2D eigenvalue weighted by molar-refractivity contribution is 0.324. The van der Waals surface area contributed by atoms with E-state index in [2.05, 4.69) is 6.11 Å². The molecule has 1 rings (SSSR count). The lowest BCUT2D eigenvalue weighted by Gasteiger charge is -2.07. The fourth-order valence-corrected chi connectivity index (χ4v) is 1.03. The van der Waals surface area contributed by atoms with Crippen molar-refractivity contribution in [3.8, 4) is 24.0 Å². The quantitative estimate of drug-likeness (QED) is 0.658. The van der Waals surface area contributed by atoms with E-state index >= 15 is 0 Å². The molecule has 0 aliphatic heterocycles. The SMILES string of the molecule is C#COc1cc(C)ccc1OCC. The number of hydrogen-bond acceptors (Lipinski definition) is 2. The van der Waals surface area contributed by atoms with E-state index in [0.717, 1.165) is 5.56 Å². The molecular formula is C11H12O2. The smallest absolute Gasteiger partial charge is 0.182 e. The van der Waals surface area contributed by atoms with Crippen LogP contribution >= 0.6 is 0 Å². The molecule has 0 saturated carbocycles. The summed E-state index contributed by atoms with van der Waals surface area (Å²) in [5, 5.41) is 0. The molecule has 2 nitrogen and oxygen atoms in total. The van der Waals surface area contributed by atoms with Crippen LogP contribution in [0.3, 0.4) is 0 Å². The maximum Gasteiger partial charge on any atom is 0.182 e. The summed E-state index contributed by atoms with van der Waals surface area (Å²) in [4.78, 5) is 0. The topological polar surface area (TPSA) is 18.5 Å². The highest BCUT2D eigenvalue weighted by atomic mass is 16.5. The summed E-state index contributed by atoms with van der Waals surface area (Å²) in [6, 6.07) is 5.66. The minimum Gasteiger partial charge on any atom is -0.490 e. The Labute approximate surface area is 78.5 Å². The summed E-state index contributed by atoms with van der Waals surface area (Å²) in [5.41, 5.74) is 1.09. The Bertz CT molecular complexity index is 323. The van der Waals surface area contributed by atoms with Crippen LogP contribution in [0.1, 0.15) is 12.5 Å². The van der Waals surface area contributed by atoms with Crippen LogP contribution in [0.4, 0.5) is 0 Å². The molecule has 0 heterocycles. The van der Waals surface area contributed by atoms with E-state index in [-0.39, 0.29) is 0 Å². The first-order valence-corrected chi connectivity index (χ1v) is 4.13. The molecule has 1 aromatic carbocycles. The summed E-state index contributed by atoms with van der Waals surface area (Å²) < 4.78 is 10.3. The molecule has 0 aliphatic rings. The van der Waals surface area contributed by atoms with Gasteiger partial charge in [0.05, 0.1) is 6.61 Å². The first-order valence-electron chi connectivity index (χ1n) is 4.13. The van der Waals surface area contributed by atoms with Gasteiger partial charge in [0.1, 0.15) is 6.11 Å². The Morgan fingerprint density at radius 3 is 2.77 bits per heavy atom. The zero-order valence-corrected chi connectivity index (χ0v) is 7.83. The van der Waals surface area contributed by atoms with Gasteiger partial charge >= 0.3 is 0 Å². The molecular weight excluding hydrogens is 164 g/mol. The van der Waals surface area contributed by atoms with Crippen molar-refractivity contribution >= 4 is 0 Å². The van der Waals surface area contributed by atoms with Crippen molar-refractivity contribution in [3.63, 3.8) is 0 Å². The van der Waals surface area contributed by atoms with Crippen LogP contribution in [0, 0.1) is 19.5 Å². The highest BCUT2D eigenvalue weighted by molar-refractivity contribution is 5.43. The van der Waals surface area contributed by atoms with Gasteiger partial charge in [-0.1, -0.05) is 12.5 Å². The number of hydrogen-bond donors (Lipinski definition) is 0. The largest absolute Gasteiger partial charge is 0.490 e. The molecule has 2 heteroatoms. The fourth-order valence-electron chi connectivity index (χ4n) is 1.03. The molecule has 68 valence electrons. The number of terminal acetylenes is 1. The van der Waals surface area contributed by atoms with Crippen LogP contribution in [-0.4, -0.2) is 6.61 Å². The van der Waals surface area contributed by atoms with Gasteiger partial charge in [-0.2, -0.15) is 0 Å². The minimum atomic E-state index is 0.601. The molecule has 0 spiro atoms. The predicted molar refractivity (Wildman–Crippen MR) is 51.8 cm³/mol. The first kappa shape index (κ1) is 9.47. The van der Waals surface area contributed by atoms with Gasteiger partial charge in [-0.05, 0) is 31.5 Å². The average Bonchev–Trinajstić information content (AvgIpc) is 2.10. The Balaban J connectivity index is 2.97. The average molecular weight is 176 g/mol. The molecule has 1 aromatic rings. The molecule has 0 N–H and O–H groups in total. The van der Waals surface area contributed by atoms with Crippen molar-refractivity contribution in [1.29, 1.82) is 0 Å². The van der Waals surface area contributed by atoms with E-state index in [1.165, 1.54) is 0 Å². The van der Waals surface area contributed by atoms with Gasteiger partial charge in [-0.15, -0.1) is 0 Å². The lowest BCUT2D eigenvalue weighted by Crippen LogP contribution is -1.95. The van der Waals surface area contributed by atoms with Gasteiger partial charge in [0.15, 0.2) is 11.5 Å². The van der Waals surface area contributed by atoms with Crippen LogP contribution < -0.4 is 9.47 Å². The highest BCUT2D eigenvalue weighted by Crippen LogP contribution is 2.27. The van der Waals surface area contributed by atoms with Gasteiger partial charge in [-0.3, -0.25) is 0 Å². The number of aryl methyl sites for hydroxylation is 1. The lowest BCUT2D eigenvalue weighted by atomic mass is 10.2. The van der Waals surface area contributed by atoms with Crippen molar-refractivity contribution in [2.24, 2.45) is 0 Å². The second-order valence-electron chi connectivity index (χ2n) is 2.60. The van der Waals surface area contributed by atoms with Crippen LogP contribution in [0.2, 0.25) is 0 Å².